The third-order valence-corrected chi connectivity index (χ3v) is 5.06. The molecular weight excluding hydrogens is 373 g/mol. The van der Waals surface area contributed by atoms with Crippen LogP contribution in [0.5, 0.6) is 0 Å². The lowest BCUT2D eigenvalue weighted by Gasteiger charge is -2.07. The van der Waals surface area contributed by atoms with Gasteiger partial charge in [-0.05, 0) is 54.1 Å². The molecule has 0 atom stereocenters. The molecule has 0 spiro atoms. The quantitative estimate of drug-likeness (QED) is 0.477. The van der Waals surface area contributed by atoms with Gasteiger partial charge in [0.25, 0.3) is 0 Å². The second-order valence-electron chi connectivity index (χ2n) is 4.92. The Morgan fingerprint density at radius 1 is 1.00 bits per heavy atom. The second kappa shape index (κ2) is 9.43. The fraction of sp³-hybridized carbons (Fsp3) is 0.235. The van der Waals surface area contributed by atoms with E-state index < -0.39 is 0 Å². The van der Waals surface area contributed by atoms with Crippen molar-refractivity contribution in [2.75, 3.05) is 5.75 Å². The number of rotatable bonds is 7. The number of benzene rings is 2. The van der Waals surface area contributed by atoms with E-state index in [0.29, 0.717) is 23.0 Å². The van der Waals surface area contributed by atoms with Gasteiger partial charge in [0.2, 0.25) is 5.91 Å². The third kappa shape index (κ3) is 6.64. The molecule has 6 heteroatoms. The fourth-order valence-corrected chi connectivity index (χ4v) is 3.36. The SMILES string of the molecule is O=C(CCCSc1ccc(Cl)cc1)NCc1ccc(Cl)cc1Cl. The number of thioether (sulfide) groups is 1. The van der Waals surface area contributed by atoms with Crippen LogP contribution in [-0.4, -0.2) is 11.7 Å². The standard InChI is InChI=1S/C17H16Cl3NOS/c18-13-5-7-15(8-6-13)23-9-1-2-17(22)21-11-12-3-4-14(19)10-16(12)20/h3-8,10H,1-2,9,11H2,(H,21,22). The maximum atomic E-state index is 11.8. The van der Waals surface area contributed by atoms with Crippen molar-refractivity contribution in [2.45, 2.75) is 24.3 Å². The topological polar surface area (TPSA) is 29.1 Å². The lowest BCUT2D eigenvalue weighted by Crippen LogP contribution is -2.22. The average Bonchev–Trinajstić information content (AvgIpc) is 2.52. The van der Waals surface area contributed by atoms with E-state index in [1.165, 1.54) is 0 Å². The molecule has 122 valence electrons. The van der Waals surface area contributed by atoms with Gasteiger partial charge in [0.1, 0.15) is 0 Å². The van der Waals surface area contributed by atoms with Gasteiger partial charge in [-0.15, -0.1) is 11.8 Å². The molecule has 0 bridgehead atoms. The first-order chi connectivity index (χ1) is 11.0. The van der Waals surface area contributed by atoms with Crippen LogP contribution < -0.4 is 5.32 Å². The summed E-state index contributed by atoms with van der Waals surface area (Å²) >= 11 is 19.5. The summed E-state index contributed by atoms with van der Waals surface area (Å²) in [7, 11) is 0. The van der Waals surface area contributed by atoms with E-state index in [1.807, 2.05) is 30.3 Å². The molecule has 0 saturated heterocycles. The largest absolute Gasteiger partial charge is 0.352 e. The van der Waals surface area contributed by atoms with E-state index in [4.69, 9.17) is 34.8 Å². The zero-order valence-electron chi connectivity index (χ0n) is 12.3. The van der Waals surface area contributed by atoms with E-state index in [-0.39, 0.29) is 5.91 Å². The van der Waals surface area contributed by atoms with Crippen LogP contribution in [0, 0.1) is 0 Å². The molecular formula is C17H16Cl3NOS. The average molecular weight is 389 g/mol. The van der Waals surface area contributed by atoms with E-state index in [2.05, 4.69) is 5.32 Å². The van der Waals surface area contributed by atoms with Crippen molar-refractivity contribution in [3.05, 3.63) is 63.1 Å². The van der Waals surface area contributed by atoms with Gasteiger partial charge >= 0.3 is 0 Å². The normalized spacial score (nSPS) is 10.6. The van der Waals surface area contributed by atoms with Crippen LogP contribution in [0.1, 0.15) is 18.4 Å². The predicted molar refractivity (Wildman–Crippen MR) is 99.7 cm³/mol. The summed E-state index contributed by atoms with van der Waals surface area (Å²) < 4.78 is 0. The fourth-order valence-electron chi connectivity index (χ4n) is 1.90. The van der Waals surface area contributed by atoms with Crippen molar-refractivity contribution in [1.82, 2.24) is 5.32 Å². The minimum absolute atomic E-state index is 0.0210. The van der Waals surface area contributed by atoms with Crippen LogP contribution >= 0.6 is 46.6 Å². The molecule has 1 N–H and O–H groups in total. The Balaban J connectivity index is 1.66. The number of nitrogens with one attached hydrogen (secondary N) is 1. The summed E-state index contributed by atoms with van der Waals surface area (Å²) in [4.78, 5) is 13.0. The summed E-state index contributed by atoms with van der Waals surface area (Å²) in [6, 6.07) is 13.0. The van der Waals surface area contributed by atoms with E-state index in [0.717, 1.165) is 27.7 Å². The summed E-state index contributed by atoms with van der Waals surface area (Å²) in [6.07, 6.45) is 1.30. The van der Waals surface area contributed by atoms with Crippen LogP contribution in [0.3, 0.4) is 0 Å². The van der Waals surface area contributed by atoms with Gasteiger partial charge in [-0.25, -0.2) is 0 Å². The molecule has 0 radical (unpaired) electrons. The predicted octanol–water partition coefficient (Wildman–Crippen LogP) is 5.84. The lowest BCUT2D eigenvalue weighted by molar-refractivity contribution is -0.121. The number of amides is 1. The monoisotopic (exact) mass is 387 g/mol. The first kappa shape index (κ1) is 18.5. The number of halogens is 3. The van der Waals surface area contributed by atoms with Gasteiger partial charge in [0, 0.05) is 32.9 Å². The van der Waals surface area contributed by atoms with Crippen molar-refractivity contribution in [3.8, 4) is 0 Å². The Bertz CT molecular complexity index is 661. The first-order valence-electron chi connectivity index (χ1n) is 7.13. The highest BCUT2D eigenvalue weighted by molar-refractivity contribution is 7.99. The molecule has 2 nitrogen and oxygen atoms in total. The highest BCUT2D eigenvalue weighted by atomic mass is 35.5. The van der Waals surface area contributed by atoms with Crippen molar-refractivity contribution in [1.29, 1.82) is 0 Å². The van der Waals surface area contributed by atoms with Gasteiger partial charge in [0.05, 0.1) is 0 Å². The molecule has 0 aromatic heterocycles. The van der Waals surface area contributed by atoms with Crippen molar-refractivity contribution in [3.63, 3.8) is 0 Å². The summed E-state index contributed by atoms with van der Waals surface area (Å²) in [5, 5.41) is 4.76. The summed E-state index contributed by atoms with van der Waals surface area (Å²) in [6.45, 7) is 0.416. The zero-order valence-corrected chi connectivity index (χ0v) is 15.4. The van der Waals surface area contributed by atoms with Gasteiger partial charge in [-0.2, -0.15) is 0 Å². The number of carbonyl (C=O) groups is 1. The minimum atomic E-state index is 0.0210. The highest BCUT2D eigenvalue weighted by Gasteiger charge is 2.05. The van der Waals surface area contributed by atoms with Gasteiger partial charge in [-0.1, -0.05) is 40.9 Å². The molecule has 0 aliphatic carbocycles. The van der Waals surface area contributed by atoms with Gasteiger partial charge in [-0.3, -0.25) is 4.79 Å². The number of hydrogen-bond donors (Lipinski definition) is 1. The maximum absolute atomic E-state index is 11.8. The highest BCUT2D eigenvalue weighted by Crippen LogP contribution is 2.22. The Hall–Kier alpha value is -0.870. The van der Waals surface area contributed by atoms with Gasteiger partial charge in [0.15, 0.2) is 0 Å². The summed E-state index contributed by atoms with van der Waals surface area (Å²) in [5.74, 6) is 0.907. The Kier molecular flexibility index (Phi) is 7.57. The summed E-state index contributed by atoms with van der Waals surface area (Å²) in [5.41, 5.74) is 0.861. The molecule has 0 unspecified atom stereocenters. The molecule has 0 aliphatic rings. The first-order valence-corrected chi connectivity index (χ1v) is 9.25. The molecule has 1 amide bonds. The van der Waals surface area contributed by atoms with Crippen molar-refractivity contribution in [2.24, 2.45) is 0 Å². The smallest absolute Gasteiger partial charge is 0.220 e. The van der Waals surface area contributed by atoms with Crippen molar-refractivity contribution >= 4 is 52.5 Å². The number of carbonyl (C=O) groups excluding carboxylic acids is 1. The van der Waals surface area contributed by atoms with Gasteiger partial charge < -0.3 is 5.32 Å². The molecule has 0 aliphatic heterocycles. The Labute approximate surface area is 155 Å². The van der Waals surface area contributed by atoms with Crippen molar-refractivity contribution < 1.29 is 4.79 Å². The van der Waals surface area contributed by atoms with Crippen LogP contribution in [0.2, 0.25) is 15.1 Å². The third-order valence-electron chi connectivity index (χ3n) is 3.12. The van der Waals surface area contributed by atoms with E-state index in [1.54, 1.807) is 23.9 Å². The zero-order chi connectivity index (χ0) is 16.7. The lowest BCUT2D eigenvalue weighted by atomic mass is 10.2. The maximum Gasteiger partial charge on any atom is 0.220 e. The Morgan fingerprint density at radius 3 is 2.39 bits per heavy atom. The molecule has 0 fully saturated rings. The minimum Gasteiger partial charge on any atom is -0.352 e. The van der Waals surface area contributed by atoms with E-state index in [9.17, 15) is 4.79 Å². The molecule has 2 rings (SSSR count). The van der Waals surface area contributed by atoms with Crippen LogP contribution in [-0.2, 0) is 11.3 Å². The molecule has 0 saturated carbocycles. The molecule has 2 aromatic rings. The molecule has 23 heavy (non-hydrogen) atoms. The second-order valence-corrected chi connectivity index (χ2v) is 7.37. The van der Waals surface area contributed by atoms with Crippen LogP contribution in [0.25, 0.3) is 0 Å². The number of hydrogen-bond acceptors (Lipinski definition) is 2. The van der Waals surface area contributed by atoms with Crippen LogP contribution in [0.15, 0.2) is 47.4 Å². The molecule has 2 aromatic carbocycles. The Morgan fingerprint density at radius 2 is 1.70 bits per heavy atom. The molecule has 0 heterocycles. The van der Waals surface area contributed by atoms with Crippen LogP contribution in [0.4, 0.5) is 0 Å². The van der Waals surface area contributed by atoms with E-state index >= 15 is 0 Å².